The van der Waals surface area contributed by atoms with Crippen molar-refractivity contribution in [2.75, 3.05) is 19.6 Å². The number of amides is 2. The lowest BCUT2D eigenvalue weighted by molar-refractivity contribution is -0.149. The summed E-state index contributed by atoms with van der Waals surface area (Å²) in [5, 5.41) is 11.6. The quantitative estimate of drug-likeness (QED) is 0.722. The van der Waals surface area contributed by atoms with E-state index in [1.54, 1.807) is 4.90 Å². The lowest BCUT2D eigenvalue weighted by Gasteiger charge is -2.24. The molecule has 2 N–H and O–H groups in total. The molecule has 2 heterocycles. The second-order valence-corrected chi connectivity index (χ2v) is 4.55. The second-order valence-electron chi connectivity index (χ2n) is 4.55. The van der Waals surface area contributed by atoms with E-state index >= 15 is 0 Å². The van der Waals surface area contributed by atoms with Crippen LogP contribution in [0.15, 0.2) is 12.2 Å². The van der Waals surface area contributed by atoms with Crippen LogP contribution in [-0.4, -0.2) is 53.8 Å². The van der Waals surface area contributed by atoms with Gasteiger partial charge in [0.1, 0.15) is 0 Å². The van der Waals surface area contributed by atoms with Gasteiger partial charge in [-0.25, -0.2) is 9.59 Å². The molecule has 2 atom stereocenters. The van der Waals surface area contributed by atoms with Crippen LogP contribution in [-0.2, 0) is 9.53 Å². The van der Waals surface area contributed by atoms with Gasteiger partial charge in [-0.15, -0.1) is 0 Å². The number of carboxylic acid groups (broad SMARTS) is 1. The Morgan fingerprint density at radius 1 is 1.39 bits per heavy atom. The number of urea groups is 1. The standard InChI is InChI=1S/C12H18N2O4/c15-11(16)10-5-4-9(18-10)8-13-12(17)14-6-2-1-3-7-14/h1-2,9-10H,3-8H2,(H,13,17)(H,15,16). The highest BCUT2D eigenvalue weighted by Crippen LogP contribution is 2.19. The Kier molecular flexibility index (Phi) is 4.19. The molecule has 6 nitrogen and oxygen atoms in total. The molecule has 1 saturated heterocycles. The van der Waals surface area contributed by atoms with Gasteiger partial charge in [0.25, 0.3) is 0 Å². The zero-order chi connectivity index (χ0) is 13.0. The molecule has 0 spiro atoms. The number of nitrogens with one attached hydrogen (secondary N) is 1. The van der Waals surface area contributed by atoms with Crippen LogP contribution < -0.4 is 5.32 Å². The summed E-state index contributed by atoms with van der Waals surface area (Å²) in [6, 6.07) is -0.110. The van der Waals surface area contributed by atoms with Crippen molar-refractivity contribution in [2.45, 2.75) is 31.5 Å². The lowest BCUT2D eigenvalue weighted by atomic mass is 10.2. The molecule has 100 valence electrons. The maximum atomic E-state index is 11.8. The molecule has 0 aromatic heterocycles. The fraction of sp³-hybridized carbons (Fsp3) is 0.667. The summed E-state index contributed by atoms with van der Waals surface area (Å²) in [6.45, 7) is 1.74. The smallest absolute Gasteiger partial charge is 0.332 e. The van der Waals surface area contributed by atoms with Crippen molar-refractivity contribution in [3.63, 3.8) is 0 Å². The van der Waals surface area contributed by atoms with Crippen molar-refractivity contribution in [3.8, 4) is 0 Å². The Hall–Kier alpha value is -1.56. The fourth-order valence-electron chi connectivity index (χ4n) is 2.18. The lowest BCUT2D eigenvalue weighted by Crippen LogP contribution is -2.44. The van der Waals surface area contributed by atoms with Gasteiger partial charge in [-0.2, -0.15) is 0 Å². The SMILES string of the molecule is O=C(O)C1CCC(CNC(=O)N2CC=CCC2)O1. The van der Waals surface area contributed by atoms with Gasteiger partial charge in [0.15, 0.2) is 6.10 Å². The largest absolute Gasteiger partial charge is 0.479 e. The molecule has 0 aliphatic carbocycles. The van der Waals surface area contributed by atoms with E-state index < -0.39 is 12.1 Å². The Morgan fingerprint density at radius 2 is 2.22 bits per heavy atom. The highest BCUT2D eigenvalue weighted by Gasteiger charge is 2.30. The first-order valence-electron chi connectivity index (χ1n) is 6.23. The van der Waals surface area contributed by atoms with Crippen LogP contribution in [0.3, 0.4) is 0 Å². The average molecular weight is 254 g/mol. The molecule has 0 aromatic rings. The first-order chi connectivity index (χ1) is 8.66. The normalized spacial score (nSPS) is 27.2. The number of carboxylic acids is 1. The third kappa shape index (κ3) is 3.22. The number of nitrogens with zero attached hydrogens (tertiary/aromatic N) is 1. The van der Waals surface area contributed by atoms with E-state index in [0.717, 1.165) is 13.0 Å². The van der Waals surface area contributed by atoms with Gasteiger partial charge in [0, 0.05) is 19.6 Å². The molecule has 1 fully saturated rings. The van der Waals surface area contributed by atoms with Gasteiger partial charge in [-0.3, -0.25) is 0 Å². The molecule has 0 radical (unpaired) electrons. The molecule has 2 aliphatic rings. The number of hydrogen-bond acceptors (Lipinski definition) is 3. The molecule has 6 heteroatoms. The van der Waals surface area contributed by atoms with E-state index in [1.165, 1.54) is 0 Å². The third-order valence-electron chi connectivity index (χ3n) is 3.21. The predicted molar refractivity (Wildman–Crippen MR) is 64.3 cm³/mol. The first-order valence-corrected chi connectivity index (χ1v) is 6.23. The average Bonchev–Trinajstić information content (AvgIpc) is 2.86. The monoisotopic (exact) mass is 254 g/mol. The van der Waals surface area contributed by atoms with Crippen LogP contribution in [0.2, 0.25) is 0 Å². The molecular weight excluding hydrogens is 236 g/mol. The van der Waals surface area contributed by atoms with Crippen LogP contribution in [0.4, 0.5) is 4.79 Å². The maximum absolute atomic E-state index is 11.8. The van der Waals surface area contributed by atoms with E-state index in [9.17, 15) is 9.59 Å². The van der Waals surface area contributed by atoms with Crippen molar-refractivity contribution in [1.82, 2.24) is 10.2 Å². The summed E-state index contributed by atoms with van der Waals surface area (Å²) in [7, 11) is 0. The summed E-state index contributed by atoms with van der Waals surface area (Å²) in [4.78, 5) is 24.2. The van der Waals surface area contributed by atoms with E-state index in [2.05, 4.69) is 11.4 Å². The number of carbonyl (C=O) groups is 2. The van der Waals surface area contributed by atoms with Gasteiger partial charge in [0.2, 0.25) is 0 Å². The zero-order valence-corrected chi connectivity index (χ0v) is 10.2. The Morgan fingerprint density at radius 3 is 2.83 bits per heavy atom. The molecule has 0 saturated carbocycles. The molecule has 2 rings (SSSR count). The van der Waals surface area contributed by atoms with E-state index in [-0.39, 0.29) is 12.1 Å². The predicted octanol–water partition coefficient (Wildman–Crippen LogP) is 0.590. The Bertz CT molecular complexity index is 356. The number of rotatable bonds is 3. The first kappa shape index (κ1) is 12.9. The van der Waals surface area contributed by atoms with Gasteiger partial charge in [0.05, 0.1) is 6.10 Å². The molecule has 2 amide bonds. The molecule has 0 aromatic carbocycles. The van der Waals surface area contributed by atoms with Gasteiger partial charge in [-0.05, 0) is 19.3 Å². The highest BCUT2D eigenvalue weighted by molar-refractivity contribution is 5.74. The van der Waals surface area contributed by atoms with Crippen LogP contribution >= 0.6 is 0 Å². The van der Waals surface area contributed by atoms with Gasteiger partial charge >= 0.3 is 12.0 Å². The van der Waals surface area contributed by atoms with Crippen molar-refractivity contribution >= 4 is 12.0 Å². The van der Waals surface area contributed by atoms with Gasteiger partial charge < -0.3 is 20.1 Å². The third-order valence-corrected chi connectivity index (χ3v) is 3.21. The summed E-state index contributed by atoms with van der Waals surface area (Å²) >= 11 is 0. The summed E-state index contributed by atoms with van der Waals surface area (Å²) in [5.41, 5.74) is 0. The van der Waals surface area contributed by atoms with E-state index in [0.29, 0.717) is 25.9 Å². The van der Waals surface area contributed by atoms with Gasteiger partial charge in [-0.1, -0.05) is 12.2 Å². The van der Waals surface area contributed by atoms with Crippen molar-refractivity contribution in [2.24, 2.45) is 0 Å². The molecule has 2 aliphatic heterocycles. The summed E-state index contributed by atoms with van der Waals surface area (Å²) in [6.07, 6.45) is 5.20. The number of ether oxygens (including phenoxy) is 1. The van der Waals surface area contributed by atoms with Crippen LogP contribution in [0.25, 0.3) is 0 Å². The minimum absolute atomic E-state index is 0.110. The van der Waals surface area contributed by atoms with Crippen LogP contribution in [0.1, 0.15) is 19.3 Å². The summed E-state index contributed by atoms with van der Waals surface area (Å²) < 4.78 is 5.31. The van der Waals surface area contributed by atoms with Crippen LogP contribution in [0, 0.1) is 0 Å². The molecular formula is C12H18N2O4. The molecule has 18 heavy (non-hydrogen) atoms. The van der Waals surface area contributed by atoms with E-state index in [1.807, 2.05) is 6.08 Å². The Labute approximate surface area is 106 Å². The topological polar surface area (TPSA) is 78.9 Å². The maximum Gasteiger partial charge on any atom is 0.332 e. The van der Waals surface area contributed by atoms with Crippen LogP contribution in [0.5, 0.6) is 0 Å². The minimum Gasteiger partial charge on any atom is -0.479 e. The zero-order valence-electron chi connectivity index (χ0n) is 10.2. The number of carbonyl (C=O) groups excluding carboxylic acids is 1. The molecule has 2 unspecified atom stereocenters. The second kappa shape index (κ2) is 5.86. The highest BCUT2D eigenvalue weighted by atomic mass is 16.5. The summed E-state index contributed by atoms with van der Waals surface area (Å²) in [5.74, 6) is -0.926. The van der Waals surface area contributed by atoms with Crippen molar-refractivity contribution in [3.05, 3.63) is 12.2 Å². The van der Waals surface area contributed by atoms with Crippen molar-refractivity contribution < 1.29 is 19.4 Å². The number of aliphatic carboxylic acids is 1. The minimum atomic E-state index is -0.926. The fourth-order valence-corrected chi connectivity index (χ4v) is 2.18. The van der Waals surface area contributed by atoms with Crippen molar-refractivity contribution in [1.29, 1.82) is 0 Å². The number of hydrogen-bond donors (Lipinski definition) is 2. The Balaban J connectivity index is 1.70. The van der Waals surface area contributed by atoms with E-state index in [4.69, 9.17) is 9.84 Å². The molecule has 0 bridgehead atoms.